The molecule has 0 radical (unpaired) electrons. The van der Waals surface area contributed by atoms with E-state index in [1.807, 2.05) is 30.3 Å². The second-order valence-corrected chi connectivity index (χ2v) is 6.63. The van der Waals surface area contributed by atoms with Crippen molar-refractivity contribution < 1.29 is 9.47 Å². The van der Waals surface area contributed by atoms with E-state index in [-0.39, 0.29) is 11.1 Å². The van der Waals surface area contributed by atoms with Gasteiger partial charge in [-0.2, -0.15) is 10.5 Å². The summed E-state index contributed by atoms with van der Waals surface area (Å²) in [4.78, 5) is 13.2. The fraction of sp³-hybridized carbons (Fsp3) is 0.174. The Balaban J connectivity index is 2.15. The Morgan fingerprint density at radius 3 is 2.24 bits per heavy atom. The van der Waals surface area contributed by atoms with Gasteiger partial charge in [-0.05, 0) is 29.7 Å². The van der Waals surface area contributed by atoms with Crippen molar-refractivity contribution in [2.24, 2.45) is 0 Å². The minimum Gasteiger partial charge on any atom is -0.493 e. The highest BCUT2D eigenvalue weighted by molar-refractivity contribution is 5.85. The van der Waals surface area contributed by atoms with Gasteiger partial charge in [0.2, 0.25) is 0 Å². The summed E-state index contributed by atoms with van der Waals surface area (Å²) in [5.74, 6) is 1.11. The molecule has 142 valence electrons. The molecule has 2 aromatic carbocycles. The van der Waals surface area contributed by atoms with Crippen LogP contribution in [0.3, 0.4) is 0 Å². The number of hydrogen-bond acceptors (Lipinski definition) is 5. The van der Waals surface area contributed by atoms with Gasteiger partial charge in [0, 0.05) is 17.7 Å². The van der Waals surface area contributed by atoms with Gasteiger partial charge in [-0.25, -0.2) is 0 Å². The smallest absolute Gasteiger partial charge is 0.269 e. The highest BCUT2D eigenvalue weighted by Crippen LogP contribution is 2.41. The highest BCUT2D eigenvalue weighted by atomic mass is 16.5. The molecule has 0 aliphatic carbocycles. The van der Waals surface area contributed by atoms with E-state index in [1.165, 1.54) is 4.57 Å². The van der Waals surface area contributed by atoms with Gasteiger partial charge in [0.15, 0.2) is 11.5 Å². The molecule has 0 spiro atoms. The fourth-order valence-electron chi connectivity index (χ4n) is 3.90. The van der Waals surface area contributed by atoms with Crippen molar-refractivity contribution in [3.63, 3.8) is 0 Å². The Hall–Kier alpha value is -4.03. The molecular formula is C23H17N3O3. The fourth-order valence-corrected chi connectivity index (χ4v) is 3.90. The first-order valence-corrected chi connectivity index (χ1v) is 9.06. The summed E-state index contributed by atoms with van der Waals surface area (Å²) in [6, 6.07) is 17.0. The first-order valence-electron chi connectivity index (χ1n) is 9.06. The predicted molar refractivity (Wildman–Crippen MR) is 108 cm³/mol. The summed E-state index contributed by atoms with van der Waals surface area (Å²) in [6.07, 6.45) is 0.586. The van der Waals surface area contributed by atoms with Crippen molar-refractivity contribution in [3.8, 4) is 46.0 Å². The number of methoxy groups -OCH3 is 2. The van der Waals surface area contributed by atoms with Gasteiger partial charge >= 0.3 is 0 Å². The summed E-state index contributed by atoms with van der Waals surface area (Å²) in [5, 5.41) is 19.8. The van der Waals surface area contributed by atoms with E-state index in [2.05, 4.69) is 6.07 Å². The third kappa shape index (κ3) is 2.74. The van der Waals surface area contributed by atoms with Crippen LogP contribution in [0.25, 0.3) is 22.4 Å². The zero-order valence-corrected chi connectivity index (χ0v) is 16.0. The second kappa shape index (κ2) is 7.18. The molecule has 0 unspecified atom stereocenters. The van der Waals surface area contributed by atoms with Crippen molar-refractivity contribution in [3.05, 3.63) is 69.5 Å². The molecule has 0 saturated heterocycles. The van der Waals surface area contributed by atoms with Gasteiger partial charge in [0.1, 0.15) is 17.7 Å². The van der Waals surface area contributed by atoms with E-state index >= 15 is 0 Å². The summed E-state index contributed by atoms with van der Waals surface area (Å²) < 4.78 is 12.4. The molecule has 0 amide bonds. The number of benzene rings is 2. The normalized spacial score (nSPS) is 11.6. The number of fused-ring (bicyclic) bond motifs is 3. The maximum Gasteiger partial charge on any atom is 0.269 e. The lowest BCUT2D eigenvalue weighted by Gasteiger charge is -2.26. The van der Waals surface area contributed by atoms with Crippen LogP contribution < -0.4 is 15.0 Å². The number of aryl methyl sites for hydroxylation is 1. The van der Waals surface area contributed by atoms with Gasteiger partial charge in [-0.15, -0.1) is 0 Å². The SMILES string of the molecule is COc1cc2c(cc1OC)-c1c(C#N)c(-c3ccccc3)c(C#N)c(=O)n1CC2. The van der Waals surface area contributed by atoms with Crippen molar-refractivity contribution in [1.82, 2.24) is 4.57 Å². The standard InChI is InChI=1S/C23H17N3O3/c1-28-19-10-15-8-9-26-22(16(15)11-20(19)29-2)17(12-24)21(18(13-25)23(26)27)14-6-4-3-5-7-14/h3-7,10-11H,8-9H2,1-2H3. The number of ether oxygens (including phenoxy) is 2. The Morgan fingerprint density at radius 1 is 0.966 bits per heavy atom. The lowest BCUT2D eigenvalue weighted by molar-refractivity contribution is 0.354. The van der Waals surface area contributed by atoms with Crippen LogP contribution in [0, 0.1) is 22.7 Å². The summed E-state index contributed by atoms with van der Waals surface area (Å²) >= 11 is 0. The molecule has 0 fully saturated rings. The van der Waals surface area contributed by atoms with Crippen LogP contribution in [-0.2, 0) is 13.0 Å². The van der Waals surface area contributed by atoms with Crippen molar-refractivity contribution in [2.75, 3.05) is 14.2 Å². The lowest BCUT2D eigenvalue weighted by Crippen LogP contribution is -2.30. The summed E-state index contributed by atoms with van der Waals surface area (Å²) in [5.41, 5.74) is 3.15. The first-order chi connectivity index (χ1) is 14.1. The first kappa shape index (κ1) is 18.3. The second-order valence-electron chi connectivity index (χ2n) is 6.63. The highest BCUT2D eigenvalue weighted by Gasteiger charge is 2.28. The van der Waals surface area contributed by atoms with Gasteiger partial charge in [0.05, 0.1) is 25.5 Å². The lowest BCUT2D eigenvalue weighted by atomic mass is 9.88. The quantitative estimate of drug-likeness (QED) is 0.691. The zero-order valence-electron chi connectivity index (χ0n) is 16.0. The molecule has 6 nitrogen and oxygen atoms in total. The van der Waals surface area contributed by atoms with E-state index in [0.717, 1.165) is 11.1 Å². The third-order valence-electron chi connectivity index (χ3n) is 5.22. The molecule has 0 N–H and O–H groups in total. The van der Waals surface area contributed by atoms with E-state index < -0.39 is 0 Å². The van der Waals surface area contributed by atoms with Crippen LogP contribution >= 0.6 is 0 Å². The molecule has 1 aliphatic rings. The molecule has 3 aromatic rings. The van der Waals surface area contributed by atoms with E-state index in [4.69, 9.17) is 9.47 Å². The Kier molecular flexibility index (Phi) is 4.54. The zero-order chi connectivity index (χ0) is 20.5. The van der Waals surface area contributed by atoms with Crippen LogP contribution in [0.1, 0.15) is 16.7 Å². The molecule has 0 saturated carbocycles. The molecule has 29 heavy (non-hydrogen) atoms. The molecule has 1 aromatic heterocycles. The van der Waals surface area contributed by atoms with Crippen LogP contribution in [-0.4, -0.2) is 18.8 Å². The third-order valence-corrected chi connectivity index (χ3v) is 5.22. The topological polar surface area (TPSA) is 88.0 Å². The Bertz CT molecular complexity index is 1260. The molecule has 0 atom stereocenters. The van der Waals surface area contributed by atoms with E-state index in [1.54, 1.807) is 32.4 Å². The van der Waals surface area contributed by atoms with Gasteiger partial charge in [0.25, 0.3) is 5.56 Å². The number of pyridine rings is 1. The largest absolute Gasteiger partial charge is 0.493 e. The molecule has 2 heterocycles. The molecule has 6 heteroatoms. The Labute approximate surface area is 167 Å². The number of hydrogen-bond donors (Lipinski definition) is 0. The average molecular weight is 383 g/mol. The monoisotopic (exact) mass is 383 g/mol. The number of nitriles is 2. The van der Waals surface area contributed by atoms with Gasteiger partial charge in [-0.1, -0.05) is 30.3 Å². The average Bonchev–Trinajstić information content (AvgIpc) is 2.78. The van der Waals surface area contributed by atoms with E-state index in [9.17, 15) is 15.3 Å². The molecule has 4 rings (SSSR count). The van der Waals surface area contributed by atoms with Crippen LogP contribution in [0.5, 0.6) is 11.5 Å². The number of aromatic nitrogens is 1. The molecule has 1 aliphatic heterocycles. The minimum absolute atomic E-state index is 0.0135. The number of nitrogens with zero attached hydrogens (tertiary/aromatic N) is 3. The number of rotatable bonds is 3. The maximum absolute atomic E-state index is 13.2. The van der Waals surface area contributed by atoms with Gasteiger partial charge < -0.3 is 14.0 Å². The van der Waals surface area contributed by atoms with E-state index in [0.29, 0.717) is 46.8 Å². The van der Waals surface area contributed by atoms with Crippen molar-refractivity contribution in [1.29, 1.82) is 10.5 Å². The van der Waals surface area contributed by atoms with Crippen molar-refractivity contribution in [2.45, 2.75) is 13.0 Å². The van der Waals surface area contributed by atoms with Gasteiger partial charge in [-0.3, -0.25) is 4.79 Å². The van der Waals surface area contributed by atoms with Crippen LogP contribution in [0.4, 0.5) is 0 Å². The Morgan fingerprint density at radius 2 is 1.62 bits per heavy atom. The molecular weight excluding hydrogens is 366 g/mol. The predicted octanol–water partition coefficient (Wildman–Crippen LogP) is 3.50. The summed E-state index contributed by atoms with van der Waals surface area (Å²) in [6.45, 7) is 0.384. The minimum atomic E-state index is -0.388. The van der Waals surface area contributed by atoms with Crippen molar-refractivity contribution >= 4 is 0 Å². The van der Waals surface area contributed by atoms with Crippen LogP contribution in [0.15, 0.2) is 47.3 Å². The maximum atomic E-state index is 13.2. The molecule has 0 bridgehead atoms. The van der Waals surface area contributed by atoms with Crippen LogP contribution in [0.2, 0.25) is 0 Å². The summed E-state index contributed by atoms with van der Waals surface area (Å²) in [7, 11) is 3.11.